The minimum Gasteiger partial charge on any atom is -0.479 e. The Morgan fingerprint density at radius 1 is 0.955 bits per heavy atom. The van der Waals surface area contributed by atoms with Crippen LogP contribution in [0.25, 0.3) is 0 Å². The first-order chi connectivity index (χ1) is 10.7. The van der Waals surface area contributed by atoms with Gasteiger partial charge in [-0.05, 0) is 32.1 Å². The molecule has 4 nitrogen and oxygen atoms in total. The quantitative estimate of drug-likeness (QED) is 0.185. The van der Waals surface area contributed by atoms with Gasteiger partial charge in [0.1, 0.15) is 0 Å². The molecule has 0 aliphatic carbocycles. The second-order valence-corrected chi connectivity index (χ2v) is 5.63. The fourth-order valence-corrected chi connectivity index (χ4v) is 2.21. The Hall–Kier alpha value is -1.13. The molecule has 0 fully saturated rings. The molecule has 0 aromatic carbocycles. The SMILES string of the molecule is CCCCCC/C=C/C=C\CCCCCCC(OO)C(=O)O. The summed E-state index contributed by atoms with van der Waals surface area (Å²) in [5.74, 6) is -1.10. The van der Waals surface area contributed by atoms with E-state index in [1.54, 1.807) is 0 Å². The predicted octanol–water partition coefficient (Wildman–Crippen LogP) is 5.35. The highest BCUT2D eigenvalue weighted by molar-refractivity contribution is 5.72. The van der Waals surface area contributed by atoms with E-state index in [4.69, 9.17) is 10.4 Å². The molecule has 0 aliphatic heterocycles. The minimum absolute atomic E-state index is 0.364. The number of hydrogen-bond acceptors (Lipinski definition) is 3. The van der Waals surface area contributed by atoms with Crippen LogP contribution in [0.4, 0.5) is 0 Å². The molecule has 0 radical (unpaired) electrons. The molecule has 0 heterocycles. The predicted molar refractivity (Wildman–Crippen MR) is 89.9 cm³/mol. The maximum atomic E-state index is 10.6. The van der Waals surface area contributed by atoms with Crippen molar-refractivity contribution in [3.63, 3.8) is 0 Å². The van der Waals surface area contributed by atoms with E-state index in [1.807, 2.05) is 0 Å². The Morgan fingerprint density at radius 3 is 2.00 bits per heavy atom. The first-order valence-electron chi connectivity index (χ1n) is 8.57. The van der Waals surface area contributed by atoms with Crippen molar-refractivity contribution in [2.75, 3.05) is 0 Å². The largest absolute Gasteiger partial charge is 0.479 e. The van der Waals surface area contributed by atoms with Gasteiger partial charge in [-0.25, -0.2) is 9.68 Å². The highest BCUT2D eigenvalue weighted by Crippen LogP contribution is 2.09. The van der Waals surface area contributed by atoms with Crippen molar-refractivity contribution in [2.45, 2.75) is 83.7 Å². The van der Waals surface area contributed by atoms with Gasteiger partial charge in [0.15, 0.2) is 6.10 Å². The van der Waals surface area contributed by atoms with Crippen LogP contribution in [0.1, 0.15) is 77.6 Å². The van der Waals surface area contributed by atoms with Gasteiger partial charge in [-0.2, -0.15) is 0 Å². The fraction of sp³-hybridized carbons (Fsp3) is 0.722. The number of carboxylic acids is 1. The van der Waals surface area contributed by atoms with Crippen LogP contribution < -0.4 is 0 Å². The number of allylic oxidation sites excluding steroid dienone is 4. The third-order valence-corrected chi connectivity index (χ3v) is 3.60. The van der Waals surface area contributed by atoms with Gasteiger partial charge in [0.25, 0.3) is 0 Å². The lowest BCUT2D eigenvalue weighted by molar-refractivity contribution is -0.277. The Balaban J connectivity index is 3.36. The number of hydrogen-bond donors (Lipinski definition) is 2. The number of unbranched alkanes of at least 4 members (excludes halogenated alkanes) is 8. The second-order valence-electron chi connectivity index (χ2n) is 5.63. The van der Waals surface area contributed by atoms with Crippen molar-refractivity contribution in [1.29, 1.82) is 0 Å². The molecule has 0 aromatic rings. The molecular formula is C18H32O4. The average molecular weight is 312 g/mol. The fourth-order valence-electron chi connectivity index (χ4n) is 2.21. The average Bonchev–Trinajstić information content (AvgIpc) is 2.51. The first kappa shape index (κ1) is 20.9. The van der Waals surface area contributed by atoms with Crippen LogP contribution in [0.5, 0.6) is 0 Å². The van der Waals surface area contributed by atoms with Gasteiger partial charge < -0.3 is 5.11 Å². The number of rotatable bonds is 15. The van der Waals surface area contributed by atoms with Gasteiger partial charge in [-0.3, -0.25) is 5.26 Å². The highest BCUT2D eigenvalue weighted by Gasteiger charge is 2.16. The molecule has 0 aliphatic rings. The van der Waals surface area contributed by atoms with E-state index in [2.05, 4.69) is 36.1 Å². The summed E-state index contributed by atoms with van der Waals surface area (Å²) < 4.78 is 0. The van der Waals surface area contributed by atoms with E-state index in [1.165, 1.54) is 32.1 Å². The van der Waals surface area contributed by atoms with E-state index < -0.39 is 12.1 Å². The summed E-state index contributed by atoms with van der Waals surface area (Å²) in [7, 11) is 0. The van der Waals surface area contributed by atoms with Crippen molar-refractivity contribution >= 4 is 5.97 Å². The van der Waals surface area contributed by atoms with Crippen LogP contribution in [0.2, 0.25) is 0 Å². The van der Waals surface area contributed by atoms with Crippen LogP contribution in [-0.4, -0.2) is 22.4 Å². The van der Waals surface area contributed by atoms with Gasteiger partial charge >= 0.3 is 5.97 Å². The maximum Gasteiger partial charge on any atom is 0.336 e. The Kier molecular flexibility index (Phi) is 15.4. The van der Waals surface area contributed by atoms with E-state index in [0.29, 0.717) is 6.42 Å². The summed E-state index contributed by atoms with van der Waals surface area (Å²) in [6.07, 6.45) is 19.3. The smallest absolute Gasteiger partial charge is 0.336 e. The third-order valence-electron chi connectivity index (χ3n) is 3.60. The van der Waals surface area contributed by atoms with Gasteiger partial charge in [0.05, 0.1) is 0 Å². The van der Waals surface area contributed by atoms with Crippen molar-refractivity contribution < 1.29 is 20.0 Å². The van der Waals surface area contributed by atoms with Crippen molar-refractivity contribution in [3.05, 3.63) is 24.3 Å². The molecule has 0 saturated heterocycles. The molecular weight excluding hydrogens is 280 g/mol. The van der Waals surface area contributed by atoms with Gasteiger partial charge in [0.2, 0.25) is 0 Å². The molecule has 0 saturated carbocycles. The summed E-state index contributed by atoms with van der Waals surface area (Å²) in [4.78, 5) is 14.5. The highest BCUT2D eigenvalue weighted by atomic mass is 17.1. The Bertz CT molecular complexity index is 310. The molecule has 1 unspecified atom stereocenters. The molecule has 0 amide bonds. The van der Waals surface area contributed by atoms with Crippen LogP contribution in [0, 0.1) is 0 Å². The molecule has 0 rings (SSSR count). The normalized spacial score (nSPS) is 13.2. The third kappa shape index (κ3) is 13.8. The van der Waals surface area contributed by atoms with Crippen LogP contribution >= 0.6 is 0 Å². The van der Waals surface area contributed by atoms with Crippen LogP contribution in [0.15, 0.2) is 24.3 Å². The summed E-state index contributed by atoms with van der Waals surface area (Å²) in [5, 5.41) is 17.1. The summed E-state index contributed by atoms with van der Waals surface area (Å²) in [6, 6.07) is 0. The number of carboxylic acid groups (broad SMARTS) is 1. The van der Waals surface area contributed by atoms with E-state index in [-0.39, 0.29) is 0 Å². The van der Waals surface area contributed by atoms with Crippen molar-refractivity contribution in [1.82, 2.24) is 0 Å². The molecule has 1 atom stereocenters. The van der Waals surface area contributed by atoms with E-state index >= 15 is 0 Å². The Morgan fingerprint density at radius 2 is 1.50 bits per heavy atom. The molecule has 4 heteroatoms. The van der Waals surface area contributed by atoms with Crippen LogP contribution in [-0.2, 0) is 9.68 Å². The molecule has 128 valence electrons. The molecule has 2 N–H and O–H groups in total. The summed E-state index contributed by atoms with van der Waals surface area (Å²) in [6.45, 7) is 2.23. The van der Waals surface area contributed by atoms with Crippen molar-refractivity contribution in [3.8, 4) is 0 Å². The lowest BCUT2D eigenvalue weighted by atomic mass is 10.1. The van der Waals surface area contributed by atoms with Gasteiger partial charge in [-0.15, -0.1) is 0 Å². The molecule has 0 spiro atoms. The topological polar surface area (TPSA) is 66.8 Å². The molecule has 0 aromatic heterocycles. The lowest BCUT2D eigenvalue weighted by Crippen LogP contribution is -2.22. The first-order valence-corrected chi connectivity index (χ1v) is 8.57. The monoisotopic (exact) mass is 312 g/mol. The van der Waals surface area contributed by atoms with Crippen molar-refractivity contribution in [2.24, 2.45) is 0 Å². The lowest BCUT2D eigenvalue weighted by Gasteiger charge is -2.07. The van der Waals surface area contributed by atoms with Crippen LogP contribution in [0.3, 0.4) is 0 Å². The molecule has 22 heavy (non-hydrogen) atoms. The standard InChI is InChI=1S/C18H32O4/c1-2-3-4-5-6-7-8-9-10-11-12-13-14-15-16-17(22-21)18(19)20/h7-10,17,21H,2-6,11-16H2,1H3,(H,19,20)/b8-7+,10-9-. The number of aliphatic carboxylic acids is 1. The molecule has 0 bridgehead atoms. The summed E-state index contributed by atoms with van der Waals surface area (Å²) >= 11 is 0. The zero-order valence-corrected chi connectivity index (χ0v) is 13.9. The zero-order valence-electron chi connectivity index (χ0n) is 13.9. The second kappa shape index (κ2) is 16.2. The maximum absolute atomic E-state index is 10.6. The van der Waals surface area contributed by atoms with E-state index in [9.17, 15) is 4.79 Å². The van der Waals surface area contributed by atoms with E-state index in [0.717, 1.165) is 32.1 Å². The Labute approximate surface area is 134 Å². The minimum atomic E-state index is -1.10. The van der Waals surface area contributed by atoms with Gasteiger partial charge in [-0.1, -0.05) is 69.8 Å². The van der Waals surface area contributed by atoms with Gasteiger partial charge in [0, 0.05) is 0 Å². The zero-order chi connectivity index (χ0) is 16.5. The number of carbonyl (C=O) groups is 1. The summed E-state index contributed by atoms with van der Waals surface area (Å²) in [5.41, 5.74) is 0.